The van der Waals surface area contributed by atoms with E-state index in [1.807, 2.05) is 37.3 Å². The minimum absolute atomic E-state index is 0.133. The van der Waals surface area contributed by atoms with Gasteiger partial charge in [-0.15, -0.1) is 0 Å². The molecule has 0 saturated carbocycles. The lowest BCUT2D eigenvalue weighted by molar-refractivity contribution is -0.116. The Morgan fingerprint density at radius 2 is 1.76 bits per heavy atom. The lowest BCUT2D eigenvalue weighted by atomic mass is 9.90. The van der Waals surface area contributed by atoms with Crippen LogP contribution in [0.3, 0.4) is 0 Å². The number of ketones is 1. The molecule has 1 aliphatic carbocycles. The first-order valence-electron chi connectivity index (χ1n) is 9.99. The van der Waals surface area contributed by atoms with Gasteiger partial charge in [-0.3, -0.25) is 4.79 Å². The van der Waals surface area contributed by atoms with E-state index in [2.05, 4.69) is 38.1 Å². The first-order chi connectivity index (χ1) is 13.9. The molecule has 4 nitrogen and oxygen atoms in total. The van der Waals surface area contributed by atoms with Crippen molar-refractivity contribution in [3.63, 3.8) is 0 Å². The third-order valence-electron chi connectivity index (χ3n) is 5.30. The van der Waals surface area contributed by atoms with Gasteiger partial charge in [-0.25, -0.2) is 0 Å². The second-order valence-electron chi connectivity index (χ2n) is 7.82. The molecule has 0 bridgehead atoms. The van der Waals surface area contributed by atoms with E-state index in [-0.39, 0.29) is 11.7 Å². The highest BCUT2D eigenvalue weighted by atomic mass is 16.6. The van der Waals surface area contributed by atoms with E-state index in [9.17, 15) is 4.79 Å². The summed E-state index contributed by atoms with van der Waals surface area (Å²) in [6, 6.07) is 14.3. The largest absolute Gasteiger partial charge is 0.492 e. The van der Waals surface area contributed by atoms with Crippen LogP contribution in [0.5, 0.6) is 0 Å². The molecule has 0 aromatic heterocycles. The van der Waals surface area contributed by atoms with Gasteiger partial charge in [-0.2, -0.15) is 0 Å². The molecule has 29 heavy (non-hydrogen) atoms. The van der Waals surface area contributed by atoms with Crippen molar-refractivity contribution in [2.75, 3.05) is 7.11 Å². The van der Waals surface area contributed by atoms with Crippen LogP contribution in [0.1, 0.15) is 47.6 Å². The summed E-state index contributed by atoms with van der Waals surface area (Å²) in [5, 5.41) is 3.99. The van der Waals surface area contributed by atoms with Crippen molar-refractivity contribution in [3.05, 3.63) is 76.0 Å². The quantitative estimate of drug-likeness (QED) is 0.460. The number of aryl methyl sites for hydroxylation is 3. The van der Waals surface area contributed by atoms with Crippen LogP contribution in [0.15, 0.2) is 53.4 Å². The predicted molar refractivity (Wildman–Crippen MR) is 117 cm³/mol. The zero-order valence-electron chi connectivity index (χ0n) is 17.9. The van der Waals surface area contributed by atoms with Gasteiger partial charge >= 0.3 is 0 Å². The topological polar surface area (TPSA) is 47.9 Å². The van der Waals surface area contributed by atoms with Gasteiger partial charge in [0.15, 0.2) is 5.78 Å². The number of oxime groups is 1. The molecule has 0 fully saturated rings. The zero-order valence-corrected chi connectivity index (χ0v) is 17.9. The smallest absolute Gasteiger partial charge is 0.170 e. The molecule has 0 spiro atoms. The number of rotatable bonds is 7. The van der Waals surface area contributed by atoms with E-state index >= 15 is 0 Å². The predicted octanol–water partition coefficient (Wildman–Crippen LogP) is 5.54. The number of carbonyl (C=O) groups excluding carboxylic acids is 1. The van der Waals surface area contributed by atoms with Crippen molar-refractivity contribution in [1.29, 1.82) is 0 Å². The summed E-state index contributed by atoms with van der Waals surface area (Å²) in [5.74, 6) is 0.743. The van der Waals surface area contributed by atoms with E-state index in [1.165, 1.54) is 12.7 Å². The SMILES string of the molecule is CON=C(C)CC1CC(OCc2ccccc2)=C(c2c(C)cc(C)cc2C)C1=O. The Bertz CT molecular complexity index is 934. The van der Waals surface area contributed by atoms with Crippen molar-refractivity contribution < 1.29 is 14.4 Å². The Hall–Kier alpha value is -2.88. The fourth-order valence-corrected chi connectivity index (χ4v) is 4.19. The lowest BCUT2D eigenvalue weighted by Crippen LogP contribution is -2.14. The summed E-state index contributed by atoms with van der Waals surface area (Å²) < 4.78 is 6.23. The molecule has 0 N–H and O–H groups in total. The fourth-order valence-electron chi connectivity index (χ4n) is 4.19. The number of carbonyl (C=O) groups is 1. The molecule has 0 aliphatic heterocycles. The van der Waals surface area contributed by atoms with Gasteiger partial charge < -0.3 is 9.57 Å². The molecule has 0 saturated heterocycles. The van der Waals surface area contributed by atoms with Crippen LogP contribution in [0.2, 0.25) is 0 Å². The van der Waals surface area contributed by atoms with Gasteiger partial charge in [0.1, 0.15) is 19.5 Å². The number of ether oxygens (including phenoxy) is 1. The normalized spacial score (nSPS) is 17.1. The maximum Gasteiger partial charge on any atom is 0.170 e. The number of benzene rings is 2. The molecule has 1 aliphatic rings. The van der Waals surface area contributed by atoms with Crippen LogP contribution < -0.4 is 0 Å². The van der Waals surface area contributed by atoms with E-state index in [4.69, 9.17) is 9.57 Å². The summed E-state index contributed by atoms with van der Waals surface area (Å²) in [6.07, 6.45) is 1.16. The highest BCUT2D eigenvalue weighted by Gasteiger charge is 2.36. The third-order valence-corrected chi connectivity index (χ3v) is 5.30. The molecule has 3 rings (SSSR count). The number of hydrogen-bond donors (Lipinski definition) is 0. The van der Waals surface area contributed by atoms with Crippen LogP contribution >= 0.6 is 0 Å². The first kappa shape index (κ1) is 20.8. The second-order valence-corrected chi connectivity index (χ2v) is 7.82. The second kappa shape index (κ2) is 9.08. The van der Waals surface area contributed by atoms with Crippen molar-refractivity contribution in [2.45, 2.75) is 47.1 Å². The lowest BCUT2D eigenvalue weighted by Gasteiger charge is -2.15. The van der Waals surface area contributed by atoms with Gasteiger partial charge in [0.05, 0.1) is 11.3 Å². The maximum atomic E-state index is 13.4. The monoisotopic (exact) mass is 391 g/mol. The fraction of sp³-hybridized carbons (Fsp3) is 0.360. The van der Waals surface area contributed by atoms with Gasteiger partial charge in [-0.1, -0.05) is 53.2 Å². The third kappa shape index (κ3) is 4.76. The standard InChI is InChI=1S/C25H29NO3/c1-16-11-17(2)23(18(3)12-16)24-22(29-15-20-9-7-6-8-10-20)14-21(25(24)27)13-19(4)26-28-5/h6-12,21H,13-15H2,1-5H3. The van der Waals surface area contributed by atoms with Gasteiger partial charge in [0.2, 0.25) is 0 Å². The van der Waals surface area contributed by atoms with Crippen LogP contribution in [-0.2, 0) is 21.0 Å². The Kier molecular flexibility index (Phi) is 6.53. The van der Waals surface area contributed by atoms with Crippen LogP contribution in [0.4, 0.5) is 0 Å². The van der Waals surface area contributed by atoms with Crippen LogP contribution in [0.25, 0.3) is 5.57 Å². The molecule has 2 aromatic carbocycles. The zero-order chi connectivity index (χ0) is 21.0. The Balaban J connectivity index is 1.97. The molecule has 0 heterocycles. The number of hydrogen-bond acceptors (Lipinski definition) is 4. The summed E-state index contributed by atoms with van der Waals surface area (Å²) in [4.78, 5) is 18.3. The Morgan fingerprint density at radius 1 is 1.10 bits per heavy atom. The average molecular weight is 392 g/mol. The van der Waals surface area contributed by atoms with Gasteiger partial charge in [-0.05, 0) is 56.4 Å². The van der Waals surface area contributed by atoms with Crippen molar-refractivity contribution >= 4 is 17.1 Å². The molecule has 1 unspecified atom stereocenters. The highest BCUT2D eigenvalue weighted by Crippen LogP contribution is 2.40. The summed E-state index contributed by atoms with van der Waals surface area (Å²) >= 11 is 0. The van der Waals surface area contributed by atoms with Crippen LogP contribution in [-0.4, -0.2) is 18.6 Å². The summed E-state index contributed by atoms with van der Waals surface area (Å²) in [6.45, 7) is 8.55. The van der Waals surface area contributed by atoms with Crippen molar-refractivity contribution in [3.8, 4) is 0 Å². The average Bonchev–Trinajstić information content (AvgIpc) is 2.96. The number of allylic oxidation sites excluding steroid dienone is 2. The molecular formula is C25H29NO3. The number of Topliss-reactive ketones (excluding diaryl/α,β-unsaturated/α-hetero) is 1. The summed E-state index contributed by atoms with van der Waals surface area (Å²) in [5.41, 5.74) is 7.04. The van der Waals surface area contributed by atoms with E-state index < -0.39 is 0 Å². The molecule has 2 aromatic rings. The highest BCUT2D eigenvalue weighted by molar-refractivity contribution is 6.25. The minimum atomic E-state index is -0.172. The van der Waals surface area contributed by atoms with Gasteiger partial charge in [0, 0.05) is 12.3 Å². The molecule has 0 amide bonds. The van der Waals surface area contributed by atoms with Crippen LogP contribution in [0, 0.1) is 26.7 Å². The molecule has 1 atom stereocenters. The van der Waals surface area contributed by atoms with E-state index in [0.29, 0.717) is 19.4 Å². The molecule has 152 valence electrons. The molecule has 4 heteroatoms. The van der Waals surface area contributed by atoms with E-state index in [0.717, 1.165) is 39.3 Å². The Labute approximate surface area is 173 Å². The van der Waals surface area contributed by atoms with Crippen molar-refractivity contribution in [1.82, 2.24) is 0 Å². The summed E-state index contributed by atoms with van der Waals surface area (Å²) in [7, 11) is 1.52. The number of nitrogens with zero attached hydrogens (tertiary/aromatic N) is 1. The Morgan fingerprint density at radius 3 is 2.38 bits per heavy atom. The van der Waals surface area contributed by atoms with E-state index in [1.54, 1.807) is 0 Å². The molecule has 0 radical (unpaired) electrons. The maximum absolute atomic E-state index is 13.4. The van der Waals surface area contributed by atoms with Gasteiger partial charge in [0.25, 0.3) is 0 Å². The minimum Gasteiger partial charge on any atom is -0.492 e. The first-order valence-corrected chi connectivity index (χ1v) is 9.99. The molecular weight excluding hydrogens is 362 g/mol. The van der Waals surface area contributed by atoms with Crippen molar-refractivity contribution in [2.24, 2.45) is 11.1 Å².